The van der Waals surface area contributed by atoms with Gasteiger partial charge in [0, 0.05) is 30.5 Å². The summed E-state index contributed by atoms with van der Waals surface area (Å²) >= 11 is 0. The molecule has 1 aliphatic carbocycles. The molecule has 1 aromatic heterocycles. The van der Waals surface area contributed by atoms with E-state index >= 15 is 0 Å². The lowest BCUT2D eigenvalue weighted by Gasteiger charge is -2.29. The Labute approximate surface area is 189 Å². The van der Waals surface area contributed by atoms with E-state index in [9.17, 15) is 22.8 Å². The van der Waals surface area contributed by atoms with Crippen LogP contribution in [0.4, 0.5) is 13.2 Å². The summed E-state index contributed by atoms with van der Waals surface area (Å²) in [6, 6.07) is 4.91. The Morgan fingerprint density at radius 1 is 1.21 bits per heavy atom. The molecule has 7 nitrogen and oxygen atoms in total. The first-order valence-electron chi connectivity index (χ1n) is 10.5. The van der Waals surface area contributed by atoms with Crippen molar-refractivity contribution in [1.82, 2.24) is 15.6 Å². The van der Waals surface area contributed by atoms with Crippen molar-refractivity contribution in [3.05, 3.63) is 35.8 Å². The van der Waals surface area contributed by atoms with Gasteiger partial charge in [-0.25, -0.2) is 9.37 Å². The van der Waals surface area contributed by atoms with Gasteiger partial charge in [-0.1, -0.05) is 6.07 Å². The first-order valence-corrected chi connectivity index (χ1v) is 10.5. The number of hydrogen-bond acceptors (Lipinski definition) is 5. The predicted octanol–water partition coefficient (Wildman–Crippen LogP) is 3.17. The monoisotopic (exact) mass is 463 g/mol. The molecule has 0 radical (unpaired) electrons. The summed E-state index contributed by atoms with van der Waals surface area (Å²) in [4.78, 5) is 28.4. The maximum atomic E-state index is 13.8. The van der Waals surface area contributed by atoms with Crippen molar-refractivity contribution in [1.29, 1.82) is 0 Å². The fraction of sp³-hybridized carbons (Fsp3) is 0.435. The van der Waals surface area contributed by atoms with Crippen molar-refractivity contribution >= 4 is 22.7 Å². The number of pyridine rings is 1. The highest BCUT2D eigenvalue weighted by Crippen LogP contribution is 2.26. The van der Waals surface area contributed by atoms with E-state index in [0.717, 1.165) is 12.1 Å². The highest BCUT2D eigenvalue weighted by Gasteiger charge is 2.24. The maximum Gasteiger partial charge on any atom is 0.387 e. The minimum atomic E-state index is -3.18. The number of nitrogens with one attached hydrogen (secondary N) is 2. The van der Waals surface area contributed by atoms with Crippen molar-refractivity contribution < 1.29 is 32.2 Å². The molecule has 176 valence electrons. The molecule has 2 aromatic rings. The van der Waals surface area contributed by atoms with Gasteiger partial charge in [0.1, 0.15) is 12.3 Å². The Bertz CT molecular complexity index is 1030. The molecule has 33 heavy (non-hydrogen) atoms. The molecule has 1 aromatic carbocycles. The van der Waals surface area contributed by atoms with E-state index in [-0.39, 0.29) is 35.9 Å². The van der Waals surface area contributed by atoms with E-state index in [4.69, 9.17) is 11.2 Å². The Hall–Kier alpha value is -3.32. The molecular weight excluding hydrogens is 439 g/mol. The van der Waals surface area contributed by atoms with Crippen LogP contribution in [-0.4, -0.2) is 48.7 Å². The fourth-order valence-corrected chi connectivity index (χ4v) is 3.59. The van der Waals surface area contributed by atoms with E-state index in [0.29, 0.717) is 44.0 Å². The second-order valence-electron chi connectivity index (χ2n) is 7.61. The molecule has 1 saturated carbocycles. The van der Waals surface area contributed by atoms with Crippen LogP contribution >= 0.6 is 0 Å². The number of halogens is 3. The average molecular weight is 463 g/mol. The van der Waals surface area contributed by atoms with Crippen LogP contribution in [0.25, 0.3) is 10.9 Å². The Kier molecular flexibility index (Phi) is 8.49. The molecule has 1 aliphatic rings. The number of ether oxygens (including phenoxy) is 2. The number of benzene rings is 1. The number of aromatic nitrogens is 1. The highest BCUT2D eigenvalue weighted by molar-refractivity contribution is 5.95. The first-order chi connectivity index (χ1) is 15.9. The maximum absolute atomic E-state index is 13.8. The second-order valence-corrected chi connectivity index (χ2v) is 7.61. The third-order valence-corrected chi connectivity index (χ3v) is 5.24. The molecule has 0 spiro atoms. The standard InChI is InChI=1S/C23H24F3N3O4/c1-2-3-10-27-21(30)13-32-16-7-5-15(6-8-16)28-22(31)18-9-4-14-11-17(24)20(33-23(25)26)12-19(14)29-18/h1,4,9,11-12,15-16,23H,3,5-8,10,13H2,(H,27,30)(H,28,31). The zero-order chi connectivity index (χ0) is 23.8. The van der Waals surface area contributed by atoms with E-state index in [1.165, 1.54) is 12.1 Å². The molecule has 3 rings (SSSR count). The second kappa shape index (κ2) is 11.5. The normalized spacial score (nSPS) is 18.0. The summed E-state index contributed by atoms with van der Waals surface area (Å²) in [6.45, 7) is -2.80. The number of alkyl halides is 2. The van der Waals surface area contributed by atoms with Gasteiger partial charge in [-0.3, -0.25) is 9.59 Å². The molecule has 10 heteroatoms. The van der Waals surface area contributed by atoms with Crippen LogP contribution in [0.15, 0.2) is 24.3 Å². The van der Waals surface area contributed by atoms with Gasteiger partial charge in [-0.15, -0.1) is 12.3 Å². The third kappa shape index (κ3) is 7.08. The van der Waals surface area contributed by atoms with Crippen LogP contribution in [0.1, 0.15) is 42.6 Å². The van der Waals surface area contributed by atoms with Crippen molar-refractivity contribution in [2.24, 2.45) is 0 Å². The van der Waals surface area contributed by atoms with Gasteiger partial charge in [0.25, 0.3) is 5.91 Å². The summed E-state index contributed by atoms with van der Waals surface area (Å²) in [7, 11) is 0. The topological polar surface area (TPSA) is 89.6 Å². The molecule has 2 amide bonds. The minimum Gasteiger partial charge on any atom is -0.432 e. The molecule has 0 unspecified atom stereocenters. The predicted molar refractivity (Wildman–Crippen MR) is 114 cm³/mol. The van der Waals surface area contributed by atoms with Gasteiger partial charge in [-0.05, 0) is 37.8 Å². The van der Waals surface area contributed by atoms with Crippen LogP contribution in [-0.2, 0) is 9.53 Å². The molecule has 2 N–H and O–H groups in total. The molecule has 0 aliphatic heterocycles. The lowest BCUT2D eigenvalue weighted by molar-refractivity contribution is -0.128. The van der Waals surface area contributed by atoms with Crippen LogP contribution < -0.4 is 15.4 Å². The molecule has 1 heterocycles. The van der Waals surface area contributed by atoms with Gasteiger partial charge in [-0.2, -0.15) is 8.78 Å². The molecule has 0 saturated heterocycles. The number of nitrogens with zero attached hydrogens (tertiary/aromatic N) is 1. The van der Waals surface area contributed by atoms with Crippen LogP contribution in [0.5, 0.6) is 5.75 Å². The smallest absolute Gasteiger partial charge is 0.387 e. The van der Waals surface area contributed by atoms with E-state index in [1.807, 2.05) is 0 Å². The van der Waals surface area contributed by atoms with Gasteiger partial charge >= 0.3 is 6.61 Å². The summed E-state index contributed by atoms with van der Waals surface area (Å²) in [5.41, 5.74) is 0.247. The van der Waals surface area contributed by atoms with Crippen molar-refractivity contribution in [3.63, 3.8) is 0 Å². The number of carbonyl (C=O) groups is 2. The van der Waals surface area contributed by atoms with Gasteiger partial charge in [0.15, 0.2) is 11.6 Å². The van der Waals surface area contributed by atoms with Crippen molar-refractivity contribution in [3.8, 4) is 18.1 Å². The number of fused-ring (bicyclic) bond motifs is 1. The van der Waals surface area contributed by atoms with Gasteiger partial charge < -0.3 is 20.1 Å². The van der Waals surface area contributed by atoms with Crippen molar-refractivity contribution in [2.75, 3.05) is 13.2 Å². The van der Waals surface area contributed by atoms with Crippen LogP contribution in [0.2, 0.25) is 0 Å². The van der Waals surface area contributed by atoms with E-state index < -0.39 is 24.1 Å². The number of carbonyl (C=O) groups excluding carboxylic acids is 2. The Balaban J connectivity index is 1.51. The summed E-state index contributed by atoms with van der Waals surface area (Å²) in [5.74, 6) is 0.227. The highest BCUT2D eigenvalue weighted by atomic mass is 19.3. The van der Waals surface area contributed by atoms with E-state index in [1.54, 1.807) is 0 Å². The Morgan fingerprint density at radius 3 is 2.67 bits per heavy atom. The summed E-state index contributed by atoms with van der Waals surface area (Å²) < 4.78 is 48.5. The molecule has 0 atom stereocenters. The zero-order valence-electron chi connectivity index (χ0n) is 17.8. The number of amides is 2. The van der Waals surface area contributed by atoms with Gasteiger partial charge in [0.05, 0.1) is 11.6 Å². The number of terminal acetylenes is 1. The quantitative estimate of drug-likeness (QED) is 0.441. The number of hydrogen-bond donors (Lipinski definition) is 2. The lowest BCUT2D eigenvalue weighted by Crippen LogP contribution is -2.40. The average Bonchev–Trinajstić information content (AvgIpc) is 2.78. The van der Waals surface area contributed by atoms with Crippen molar-refractivity contribution in [2.45, 2.75) is 50.9 Å². The first kappa shape index (κ1) is 24.3. The lowest BCUT2D eigenvalue weighted by atomic mass is 9.93. The SMILES string of the molecule is C#CCCNC(=O)COC1CCC(NC(=O)c2ccc3cc(F)c(OC(F)F)cc3n2)CC1. The molecule has 1 fully saturated rings. The summed E-state index contributed by atoms with van der Waals surface area (Å²) in [6.07, 6.45) is 8.22. The number of rotatable bonds is 9. The third-order valence-electron chi connectivity index (χ3n) is 5.24. The largest absolute Gasteiger partial charge is 0.432 e. The van der Waals surface area contributed by atoms with Crippen LogP contribution in [0, 0.1) is 18.2 Å². The Morgan fingerprint density at radius 2 is 1.97 bits per heavy atom. The van der Waals surface area contributed by atoms with Crippen LogP contribution in [0.3, 0.4) is 0 Å². The summed E-state index contributed by atoms with van der Waals surface area (Å²) in [5, 5.41) is 5.92. The van der Waals surface area contributed by atoms with E-state index in [2.05, 4.69) is 26.3 Å². The van der Waals surface area contributed by atoms with Gasteiger partial charge in [0.2, 0.25) is 5.91 Å². The minimum absolute atomic E-state index is 0.0366. The zero-order valence-corrected chi connectivity index (χ0v) is 17.8. The molecule has 0 bridgehead atoms. The molecular formula is C23H24F3N3O4. The fourth-order valence-electron chi connectivity index (χ4n) is 3.59.